The summed E-state index contributed by atoms with van der Waals surface area (Å²) in [4.78, 5) is -0.333. The van der Waals surface area contributed by atoms with Crippen LogP contribution in [0.15, 0.2) is 27.4 Å². The molecule has 1 unspecified atom stereocenters. The Balaban J connectivity index is 2.43. The smallest absolute Gasteiger partial charge is 0.128 e. The van der Waals surface area contributed by atoms with Gasteiger partial charge in [-0.1, -0.05) is 15.9 Å². The molecule has 1 heterocycles. The maximum atomic E-state index is 13.8. The summed E-state index contributed by atoms with van der Waals surface area (Å²) >= 11 is 8.25. The molecule has 0 saturated heterocycles. The Morgan fingerprint density at radius 3 is 2.47 bits per heavy atom. The molecule has 5 heteroatoms. The highest BCUT2D eigenvalue weighted by Crippen LogP contribution is 2.36. The first-order chi connectivity index (χ1) is 7.99. The molecule has 0 aliphatic heterocycles. The summed E-state index contributed by atoms with van der Waals surface area (Å²) in [6.07, 6.45) is 0. The van der Waals surface area contributed by atoms with E-state index in [0.29, 0.717) is 11.1 Å². The SMILES string of the molecule is Cc1cc(F)c(C(Br)c2csc(Br)c2)cc1F. The molecule has 1 aromatic carbocycles. The highest BCUT2D eigenvalue weighted by molar-refractivity contribution is 9.11. The monoisotopic (exact) mass is 380 g/mol. The van der Waals surface area contributed by atoms with Crippen LogP contribution in [0.25, 0.3) is 0 Å². The normalized spacial score (nSPS) is 12.8. The van der Waals surface area contributed by atoms with E-state index in [4.69, 9.17) is 0 Å². The minimum Gasteiger partial charge on any atom is -0.207 e. The van der Waals surface area contributed by atoms with Crippen LogP contribution in [-0.4, -0.2) is 0 Å². The van der Waals surface area contributed by atoms with E-state index >= 15 is 0 Å². The highest BCUT2D eigenvalue weighted by atomic mass is 79.9. The van der Waals surface area contributed by atoms with Crippen LogP contribution in [0.4, 0.5) is 8.78 Å². The third kappa shape index (κ3) is 2.77. The van der Waals surface area contributed by atoms with Crippen molar-refractivity contribution in [1.29, 1.82) is 0 Å². The van der Waals surface area contributed by atoms with Crippen molar-refractivity contribution < 1.29 is 8.78 Å². The van der Waals surface area contributed by atoms with Crippen molar-refractivity contribution in [2.24, 2.45) is 0 Å². The quantitative estimate of drug-likeness (QED) is 0.595. The summed E-state index contributed by atoms with van der Waals surface area (Å²) < 4.78 is 28.2. The molecular weight excluding hydrogens is 374 g/mol. The fourth-order valence-corrected chi connectivity index (χ4v) is 3.48. The Morgan fingerprint density at radius 2 is 1.88 bits per heavy atom. The standard InChI is InChI=1S/C12H8Br2F2S/c1-6-2-10(16)8(4-9(6)15)12(14)7-3-11(13)17-5-7/h2-5,12H,1H3. The lowest BCUT2D eigenvalue weighted by Crippen LogP contribution is -1.98. The minimum absolute atomic E-state index is 0.317. The molecule has 1 aromatic heterocycles. The summed E-state index contributed by atoms with van der Waals surface area (Å²) in [7, 11) is 0. The molecule has 90 valence electrons. The number of rotatable bonds is 2. The largest absolute Gasteiger partial charge is 0.207 e. The third-order valence-corrected chi connectivity index (χ3v) is 4.98. The lowest BCUT2D eigenvalue weighted by atomic mass is 10.0. The first kappa shape index (κ1) is 13.2. The molecule has 1 atom stereocenters. The van der Waals surface area contributed by atoms with Gasteiger partial charge >= 0.3 is 0 Å². The molecule has 0 bridgehead atoms. The second-order valence-electron chi connectivity index (χ2n) is 3.67. The number of alkyl halides is 1. The molecule has 2 aromatic rings. The van der Waals surface area contributed by atoms with Gasteiger partial charge in [-0.3, -0.25) is 0 Å². The predicted octanol–water partition coefficient (Wildman–Crippen LogP) is 5.58. The average Bonchev–Trinajstić information content (AvgIpc) is 2.69. The first-order valence-corrected chi connectivity index (χ1v) is 7.41. The Kier molecular flexibility index (Phi) is 4.00. The molecule has 0 N–H and O–H groups in total. The van der Waals surface area contributed by atoms with Crippen LogP contribution in [0.5, 0.6) is 0 Å². The Hall–Kier alpha value is -0.260. The van der Waals surface area contributed by atoms with Crippen LogP contribution in [0.3, 0.4) is 0 Å². The van der Waals surface area contributed by atoms with Gasteiger partial charge < -0.3 is 0 Å². The van der Waals surface area contributed by atoms with Crippen molar-refractivity contribution in [3.8, 4) is 0 Å². The van der Waals surface area contributed by atoms with Gasteiger partial charge in [-0.2, -0.15) is 0 Å². The van der Waals surface area contributed by atoms with Gasteiger partial charge in [0.05, 0.1) is 8.61 Å². The molecule has 0 aliphatic carbocycles. The summed E-state index contributed by atoms with van der Waals surface area (Å²) in [5.41, 5.74) is 1.54. The fraction of sp³-hybridized carbons (Fsp3) is 0.167. The van der Waals surface area contributed by atoms with E-state index in [2.05, 4.69) is 31.9 Å². The van der Waals surface area contributed by atoms with E-state index in [9.17, 15) is 8.78 Å². The zero-order valence-corrected chi connectivity index (χ0v) is 12.8. The van der Waals surface area contributed by atoms with E-state index in [1.807, 2.05) is 11.4 Å². The maximum Gasteiger partial charge on any atom is 0.128 e. The molecule has 0 aliphatic rings. The van der Waals surface area contributed by atoms with E-state index in [1.165, 1.54) is 23.5 Å². The molecule has 0 spiro atoms. The van der Waals surface area contributed by atoms with Crippen molar-refractivity contribution in [3.63, 3.8) is 0 Å². The number of hydrogen-bond donors (Lipinski definition) is 0. The Bertz CT molecular complexity index is 551. The summed E-state index contributed by atoms with van der Waals surface area (Å²) in [6, 6.07) is 4.36. The van der Waals surface area contributed by atoms with Crippen molar-refractivity contribution in [2.75, 3.05) is 0 Å². The Labute approximate surface area is 119 Å². The van der Waals surface area contributed by atoms with Crippen LogP contribution in [0, 0.1) is 18.6 Å². The van der Waals surface area contributed by atoms with Gasteiger partial charge in [-0.05, 0) is 57.6 Å². The Morgan fingerprint density at radius 1 is 1.18 bits per heavy atom. The van der Waals surface area contributed by atoms with Crippen LogP contribution < -0.4 is 0 Å². The number of hydrogen-bond acceptors (Lipinski definition) is 1. The van der Waals surface area contributed by atoms with E-state index in [0.717, 1.165) is 9.35 Å². The van der Waals surface area contributed by atoms with Crippen molar-refractivity contribution in [2.45, 2.75) is 11.8 Å². The van der Waals surface area contributed by atoms with Crippen LogP contribution >= 0.6 is 43.2 Å². The number of aryl methyl sites for hydroxylation is 1. The summed E-state index contributed by atoms with van der Waals surface area (Å²) in [5.74, 6) is -0.784. The zero-order chi connectivity index (χ0) is 12.6. The molecule has 0 fully saturated rings. The van der Waals surface area contributed by atoms with Gasteiger partial charge in [0.25, 0.3) is 0 Å². The van der Waals surface area contributed by atoms with Gasteiger partial charge in [-0.25, -0.2) is 8.78 Å². The molecule has 17 heavy (non-hydrogen) atoms. The van der Waals surface area contributed by atoms with Crippen LogP contribution in [0.2, 0.25) is 0 Å². The minimum atomic E-state index is -0.395. The summed E-state index contributed by atoms with van der Waals surface area (Å²) in [5, 5.41) is 1.90. The van der Waals surface area contributed by atoms with E-state index in [1.54, 1.807) is 6.92 Å². The van der Waals surface area contributed by atoms with Crippen molar-refractivity contribution in [3.05, 3.63) is 55.7 Å². The molecule has 2 rings (SSSR count). The van der Waals surface area contributed by atoms with Gasteiger partial charge in [0.1, 0.15) is 11.6 Å². The second-order valence-corrected chi connectivity index (χ2v) is 6.88. The maximum absolute atomic E-state index is 13.8. The molecule has 0 nitrogen and oxygen atoms in total. The van der Waals surface area contributed by atoms with Crippen molar-refractivity contribution in [1.82, 2.24) is 0 Å². The van der Waals surface area contributed by atoms with Crippen LogP contribution in [-0.2, 0) is 0 Å². The number of halogens is 4. The molecular formula is C12H8Br2F2S. The molecule has 0 saturated carbocycles. The lowest BCUT2D eigenvalue weighted by molar-refractivity contribution is 0.581. The number of thiophene rings is 1. The van der Waals surface area contributed by atoms with Crippen molar-refractivity contribution >= 4 is 43.2 Å². The molecule has 0 radical (unpaired) electrons. The van der Waals surface area contributed by atoms with Crippen LogP contribution in [0.1, 0.15) is 21.5 Å². The van der Waals surface area contributed by atoms with E-state index < -0.39 is 5.82 Å². The van der Waals surface area contributed by atoms with Gasteiger partial charge in [0, 0.05) is 5.56 Å². The second kappa shape index (κ2) is 5.16. The first-order valence-electron chi connectivity index (χ1n) is 4.82. The predicted molar refractivity (Wildman–Crippen MR) is 73.9 cm³/mol. The third-order valence-electron chi connectivity index (χ3n) is 2.43. The van der Waals surface area contributed by atoms with E-state index in [-0.39, 0.29) is 10.6 Å². The topological polar surface area (TPSA) is 0 Å². The highest BCUT2D eigenvalue weighted by Gasteiger charge is 2.18. The average molecular weight is 382 g/mol. The van der Waals surface area contributed by atoms with Gasteiger partial charge in [0.15, 0.2) is 0 Å². The number of benzene rings is 1. The van der Waals surface area contributed by atoms with Gasteiger partial charge in [-0.15, -0.1) is 11.3 Å². The molecule has 0 amide bonds. The van der Waals surface area contributed by atoms with Gasteiger partial charge in [0.2, 0.25) is 0 Å². The zero-order valence-electron chi connectivity index (χ0n) is 8.81. The fourth-order valence-electron chi connectivity index (χ4n) is 1.49. The lowest BCUT2D eigenvalue weighted by Gasteiger charge is -2.11. The summed E-state index contributed by atoms with van der Waals surface area (Å²) in [6.45, 7) is 1.55.